The van der Waals surface area contributed by atoms with Gasteiger partial charge in [0.25, 0.3) is 5.91 Å². The van der Waals surface area contributed by atoms with Crippen molar-refractivity contribution < 1.29 is 22.9 Å². The van der Waals surface area contributed by atoms with Gasteiger partial charge in [0.15, 0.2) is 6.54 Å². The third-order valence-electron chi connectivity index (χ3n) is 3.39. The molecule has 2 aromatic rings. The molecule has 0 saturated carbocycles. The van der Waals surface area contributed by atoms with Crippen molar-refractivity contribution in [2.45, 2.75) is 12.7 Å². The van der Waals surface area contributed by atoms with Crippen LogP contribution < -0.4 is 10.2 Å². The smallest absolute Gasteiger partial charge is 0.326 e. The van der Waals surface area contributed by atoms with Crippen LogP contribution in [0, 0.1) is 0 Å². The van der Waals surface area contributed by atoms with Crippen LogP contribution in [0.5, 0.6) is 0 Å². The second kappa shape index (κ2) is 7.81. The standard InChI is InChI=1S/C17H16BrF3N2O/c1-23(10-12-6-8-13(18)9-7-12)11-16(24)22-15-5-3-2-4-14(15)17(19,20)21/h2-9H,10-11H2,1H3,(H,22,24)/p+1. The van der Waals surface area contributed by atoms with Crippen LogP contribution >= 0.6 is 15.9 Å². The van der Waals surface area contributed by atoms with Gasteiger partial charge in [-0.05, 0) is 24.3 Å². The third kappa shape index (κ3) is 5.35. The molecule has 0 aliphatic heterocycles. The Labute approximate surface area is 146 Å². The maximum absolute atomic E-state index is 12.9. The summed E-state index contributed by atoms with van der Waals surface area (Å²) in [6.45, 7) is 0.671. The van der Waals surface area contributed by atoms with Gasteiger partial charge in [0.05, 0.1) is 18.3 Å². The van der Waals surface area contributed by atoms with E-state index in [9.17, 15) is 18.0 Å². The fourth-order valence-electron chi connectivity index (χ4n) is 2.32. The molecular weight excluding hydrogens is 385 g/mol. The molecule has 2 rings (SSSR count). The second-order valence-electron chi connectivity index (χ2n) is 5.53. The number of amides is 1. The number of para-hydroxylation sites is 1. The monoisotopic (exact) mass is 401 g/mol. The van der Waals surface area contributed by atoms with Gasteiger partial charge in [0, 0.05) is 10.0 Å². The normalized spacial score (nSPS) is 12.7. The Hall–Kier alpha value is -1.86. The lowest BCUT2D eigenvalue weighted by Crippen LogP contribution is -3.08. The molecular formula is C17H17BrF3N2O+. The average molecular weight is 402 g/mol. The molecule has 0 spiro atoms. The largest absolute Gasteiger partial charge is 0.418 e. The van der Waals surface area contributed by atoms with Crippen LogP contribution in [0.25, 0.3) is 0 Å². The van der Waals surface area contributed by atoms with Gasteiger partial charge >= 0.3 is 6.18 Å². The number of benzene rings is 2. The van der Waals surface area contributed by atoms with Crippen molar-refractivity contribution in [2.24, 2.45) is 0 Å². The molecule has 0 bridgehead atoms. The molecule has 2 N–H and O–H groups in total. The number of rotatable bonds is 5. The molecule has 1 amide bonds. The number of anilines is 1. The summed E-state index contributed by atoms with van der Waals surface area (Å²) in [5, 5.41) is 2.36. The molecule has 0 radical (unpaired) electrons. The molecule has 7 heteroatoms. The lowest BCUT2D eigenvalue weighted by Gasteiger charge is -2.16. The highest BCUT2D eigenvalue weighted by Crippen LogP contribution is 2.34. The van der Waals surface area contributed by atoms with Crippen LogP contribution in [0.3, 0.4) is 0 Å². The van der Waals surface area contributed by atoms with Crippen LogP contribution in [0.4, 0.5) is 18.9 Å². The van der Waals surface area contributed by atoms with Crippen LogP contribution in [-0.2, 0) is 17.5 Å². The lowest BCUT2D eigenvalue weighted by molar-refractivity contribution is -0.885. The van der Waals surface area contributed by atoms with Crippen molar-refractivity contribution in [3.63, 3.8) is 0 Å². The molecule has 24 heavy (non-hydrogen) atoms. The number of nitrogens with one attached hydrogen (secondary N) is 2. The number of quaternary nitrogens is 1. The average Bonchev–Trinajstić information content (AvgIpc) is 2.49. The Morgan fingerprint density at radius 2 is 1.75 bits per heavy atom. The first-order chi connectivity index (χ1) is 11.3. The fourth-order valence-corrected chi connectivity index (χ4v) is 2.59. The maximum Gasteiger partial charge on any atom is 0.418 e. The van der Waals surface area contributed by atoms with E-state index in [1.54, 1.807) is 0 Å². The Balaban J connectivity index is 1.97. The highest BCUT2D eigenvalue weighted by Gasteiger charge is 2.33. The van der Waals surface area contributed by atoms with E-state index in [1.807, 2.05) is 31.3 Å². The highest BCUT2D eigenvalue weighted by molar-refractivity contribution is 9.10. The van der Waals surface area contributed by atoms with Gasteiger partial charge in [-0.25, -0.2) is 0 Å². The summed E-state index contributed by atoms with van der Waals surface area (Å²) >= 11 is 3.35. The predicted molar refractivity (Wildman–Crippen MR) is 89.7 cm³/mol. The second-order valence-corrected chi connectivity index (χ2v) is 6.44. The van der Waals surface area contributed by atoms with Gasteiger partial charge in [-0.2, -0.15) is 13.2 Å². The first-order valence-corrected chi connectivity index (χ1v) is 8.07. The number of alkyl halides is 3. The molecule has 0 fully saturated rings. The Bertz CT molecular complexity index is 702. The fraction of sp³-hybridized carbons (Fsp3) is 0.235. The quantitative estimate of drug-likeness (QED) is 0.792. The number of hydrogen-bond acceptors (Lipinski definition) is 1. The van der Waals surface area contributed by atoms with E-state index in [0.717, 1.165) is 21.0 Å². The van der Waals surface area contributed by atoms with Crippen molar-refractivity contribution in [3.05, 3.63) is 64.1 Å². The Kier molecular flexibility index (Phi) is 6.01. The predicted octanol–water partition coefficient (Wildman–Crippen LogP) is 3.12. The summed E-state index contributed by atoms with van der Waals surface area (Å²) in [6.07, 6.45) is -4.50. The molecule has 1 atom stereocenters. The van der Waals surface area contributed by atoms with E-state index < -0.39 is 17.6 Å². The first-order valence-electron chi connectivity index (χ1n) is 7.27. The van der Waals surface area contributed by atoms with E-state index in [0.29, 0.717) is 6.54 Å². The first kappa shape index (κ1) is 18.5. The minimum atomic E-state index is -4.50. The van der Waals surface area contributed by atoms with Crippen LogP contribution in [0.15, 0.2) is 53.0 Å². The maximum atomic E-state index is 12.9. The number of hydrogen-bond donors (Lipinski definition) is 2. The van der Waals surface area contributed by atoms with E-state index >= 15 is 0 Å². The molecule has 1 unspecified atom stereocenters. The van der Waals surface area contributed by atoms with E-state index in [-0.39, 0.29) is 12.2 Å². The number of halogens is 4. The number of likely N-dealkylation sites (N-methyl/N-ethyl adjacent to an activating group) is 1. The van der Waals surface area contributed by atoms with E-state index in [4.69, 9.17) is 0 Å². The number of carbonyl (C=O) groups is 1. The van der Waals surface area contributed by atoms with Crippen molar-refractivity contribution in [1.82, 2.24) is 0 Å². The SMILES string of the molecule is C[NH+](CC(=O)Nc1ccccc1C(F)(F)F)Cc1ccc(Br)cc1. The van der Waals surface area contributed by atoms with Gasteiger partial charge in [0.2, 0.25) is 0 Å². The van der Waals surface area contributed by atoms with Gasteiger partial charge < -0.3 is 10.2 Å². The minimum absolute atomic E-state index is 0.0717. The van der Waals surface area contributed by atoms with Gasteiger partial charge in [0.1, 0.15) is 6.54 Å². The zero-order valence-electron chi connectivity index (χ0n) is 13.0. The van der Waals surface area contributed by atoms with Gasteiger partial charge in [-0.1, -0.05) is 40.2 Å². The van der Waals surface area contributed by atoms with Crippen LogP contribution in [0.1, 0.15) is 11.1 Å². The van der Waals surface area contributed by atoms with Gasteiger partial charge in [-0.3, -0.25) is 4.79 Å². The molecule has 0 saturated heterocycles. The summed E-state index contributed by atoms with van der Waals surface area (Å²) in [5.74, 6) is -0.457. The van der Waals surface area contributed by atoms with Crippen molar-refractivity contribution in [1.29, 1.82) is 0 Å². The summed E-state index contributed by atoms with van der Waals surface area (Å²) < 4.78 is 39.7. The molecule has 3 nitrogen and oxygen atoms in total. The summed E-state index contributed by atoms with van der Waals surface area (Å²) in [5.41, 5.74) is -0.0189. The number of carbonyl (C=O) groups excluding carboxylic acids is 1. The summed E-state index contributed by atoms with van der Waals surface area (Å²) in [6, 6.07) is 12.6. The molecule has 0 aliphatic rings. The van der Waals surface area contributed by atoms with Crippen LogP contribution in [0.2, 0.25) is 0 Å². The third-order valence-corrected chi connectivity index (χ3v) is 3.92. The highest BCUT2D eigenvalue weighted by atomic mass is 79.9. The Morgan fingerprint density at radius 3 is 2.38 bits per heavy atom. The molecule has 2 aromatic carbocycles. The van der Waals surface area contributed by atoms with Crippen molar-refractivity contribution in [2.75, 3.05) is 18.9 Å². The molecule has 0 aromatic heterocycles. The Morgan fingerprint density at radius 1 is 1.12 bits per heavy atom. The lowest BCUT2D eigenvalue weighted by atomic mass is 10.1. The van der Waals surface area contributed by atoms with E-state index in [2.05, 4.69) is 21.2 Å². The van der Waals surface area contributed by atoms with Crippen molar-refractivity contribution in [3.8, 4) is 0 Å². The van der Waals surface area contributed by atoms with Gasteiger partial charge in [-0.15, -0.1) is 0 Å². The molecule has 0 aliphatic carbocycles. The van der Waals surface area contributed by atoms with E-state index in [1.165, 1.54) is 18.2 Å². The van der Waals surface area contributed by atoms with Crippen LogP contribution in [-0.4, -0.2) is 19.5 Å². The zero-order valence-corrected chi connectivity index (χ0v) is 14.5. The topological polar surface area (TPSA) is 33.5 Å². The molecule has 128 valence electrons. The minimum Gasteiger partial charge on any atom is -0.326 e. The zero-order chi connectivity index (χ0) is 17.7. The summed E-state index contributed by atoms with van der Waals surface area (Å²) in [7, 11) is 1.82. The summed E-state index contributed by atoms with van der Waals surface area (Å²) in [4.78, 5) is 12.9. The van der Waals surface area contributed by atoms with Crippen molar-refractivity contribution >= 4 is 27.5 Å². The molecule has 0 heterocycles.